The Bertz CT molecular complexity index is 320. The lowest BCUT2D eigenvalue weighted by molar-refractivity contribution is 0.507. The van der Waals surface area contributed by atoms with Crippen LogP contribution in [0.5, 0.6) is 0 Å². The summed E-state index contributed by atoms with van der Waals surface area (Å²) in [5.41, 5.74) is 6.38. The Morgan fingerprint density at radius 1 is 1.14 bits per heavy atom. The first-order valence-electron chi connectivity index (χ1n) is 3.89. The molecule has 0 spiro atoms. The van der Waals surface area contributed by atoms with Crippen molar-refractivity contribution in [3.05, 3.63) is 35.4 Å². The molecule has 0 aliphatic heterocycles. The normalized spacial score (nSPS) is 23.4. The average Bonchev–Trinajstić information content (AvgIpc) is 2.73. The fraction of sp³-hybridized carbons (Fsp3) is 0.333. The minimum absolute atomic E-state index is 0. The standard InChI is InChI=1S/C9H9F2N.2ClH/c10-7-2-1-5(3-8(7)11)6-4-9(6)12;;/h1-3,6,9H,4,12H2;2*1H. The molecule has 14 heavy (non-hydrogen) atoms. The van der Waals surface area contributed by atoms with Crippen LogP contribution in [-0.2, 0) is 0 Å². The summed E-state index contributed by atoms with van der Waals surface area (Å²) >= 11 is 0. The van der Waals surface area contributed by atoms with Crippen LogP contribution < -0.4 is 5.73 Å². The lowest BCUT2D eigenvalue weighted by Gasteiger charge is -1.98. The number of nitrogens with two attached hydrogens (primary N) is 1. The van der Waals surface area contributed by atoms with Gasteiger partial charge >= 0.3 is 0 Å². The van der Waals surface area contributed by atoms with Crippen LogP contribution in [0.1, 0.15) is 17.9 Å². The van der Waals surface area contributed by atoms with Crippen molar-refractivity contribution in [1.82, 2.24) is 0 Å². The van der Waals surface area contributed by atoms with Gasteiger partial charge in [0.05, 0.1) is 0 Å². The molecule has 2 rings (SSSR count). The van der Waals surface area contributed by atoms with E-state index in [1.165, 1.54) is 6.07 Å². The summed E-state index contributed by atoms with van der Waals surface area (Å²) in [6.45, 7) is 0. The number of benzene rings is 1. The summed E-state index contributed by atoms with van der Waals surface area (Å²) in [6.07, 6.45) is 0.880. The van der Waals surface area contributed by atoms with E-state index in [9.17, 15) is 8.78 Å². The molecular weight excluding hydrogens is 231 g/mol. The van der Waals surface area contributed by atoms with E-state index in [0.717, 1.165) is 18.1 Å². The molecule has 1 aliphatic carbocycles. The highest BCUT2D eigenvalue weighted by molar-refractivity contribution is 5.85. The molecule has 0 aromatic heterocycles. The van der Waals surface area contributed by atoms with Crippen LogP contribution in [0.3, 0.4) is 0 Å². The summed E-state index contributed by atoms with van der Waals surface area (Å²) in [4.78, 5) is 0. The summed E-state index contributed by atoms with van der Waals surface area (Å²) in [7, 11) is 0. The predicted octanol–water partition coefficient (Wildman–Crippen LogP) is 2.62. The maximum Gasteiger partial charge on any atom is 0.159 e. The molecule has 0 radical (unpaired) electrons. The Labute approximate surface area is 93.5 Å². The van der Waals surface area contributed by atoms with Crippen molar-refractivity contribution < 1.29 is 8.78 Å². The molecule has 1 aliphatic rings. The van der Waals surface area contributed by atoms with E-state index in [1.54, 1.807) is 6.07 Å². The van der Waals surface area contributed by atoms with Crippen LogP contribution in [0.15, 0.2) is 18.2 Å². The second-order valence-corrected chi connectivity index (χ2v) is 3.18. The SMILES string of the molecule is Cl.Cl.NC1CC1c1ccc(F)c(F)c1. The monoisotopic (exact) mass is 241 g/mol. The second kappa shape index (κ2) is 4.91. The molecule has 5 heteroatoms. The van der Waals surface area contributed by atoms with Gasteiger partial charge in [-0.1, -0.05) is 6.07 Å². The van der Waals surface area contributed by atoms with Crippen LogP contribution in [0.4, 0.5) is 8.78 Å². The van der Waals surface area contributed by atoms with Gasteiger partial charge in [-0.05, 0) is 24.1 Å². The van der Waals surface area contributed by atoms with Gasteiger partial charge in [0, 0.05) is 12.0 Å². The highest BCUT2D eigenvalue weighted by atomic mass is 35.5. The summed E-state index contributed by atoms with van der Waals surface area (Å²) < 4.78 is 25.2. The van der Waals surface area contributed by atoms with Gasteiger partial charge in [-0.2, -0.15) is 0 Å². The number of rotatable bonds is 1. The molecule has 2 unspecified atom stereocenters. The maximum atomic E-state index is 12.7. The zero-order chi connectivity index (χ0) is 8.72. The van der Waals surface area contributed by atoms with E-state index in [2.05, 4.69) is 0 Å². The van der Waals surface area contributed by atoms with Crippen LogP contribution >= 0.6 is 24.8 Å². The van der Waals surface area contributed by atoms with Crippen molar-refractivity contribution in [1.29, 1.82) is 0 Å². The molecule has 1 aromatic carbocycles. The molecule has 1 fully saturated rings. The minimum Gasteiger partial charge on any atom is -0.327 e. The molecule has 0 bridgehead atoms. The van der Waals surface area contributed by atoms with Gasteiger partial charge in [0.1, 0.15) is 0 Å². The highest BCUT2D eigenvalue weighted by Gasteiger charge is 2.35. The van der Waals surface area contributed by atoms with Gasteiger partial charge in [0.2, 0.25) is 0 Å². The van der Waals surface area contributed by atoms with E-state index in [1.807, 2.05) is 0 Å². The zero-order valence-electron chi connectivity index (χ0n) is 7.24. The van der Waals surface area contributed by atoms with Gasteiger partial charge in [-0.3, -0.25) is 0 Å². The van der Waals surface area contributed by atoms with Gasteiger partial charge in [0.25, 0.3) is 0 Å². The van der Waals surface area contributed by atoms with Crippen molar-refractivity contribution >= 4 is 24.8 Å². The van der Waals surface area contributed by atoms with Gasteiger partial charge in [-0.25, -0.2) is 8.78 Å². The molecule has 1 saturated carbocycles. The smallest absolute Gasteiger partial charge is 0.159 e. The predicted molar refractivity (Wildman–Crippen MR) is 56.2 cm³/mol. The summed E-state index contributed by atoms with van der Waals surface area (Å²) in [5, 5.41) is 0. The maximum absolute atomic E-state index is 12.7. The average molecular weight is 242 g/mol. The molecule has 2 atom stereocenters. The van der Waals surface area contributed by atoms with Crippen molar-refractivity contribution in [3.63, 3.8) is 0 Å². The zero-order valence-corrected chi connectivity index (χ0v) is 8.88. The first-order valence-corrected chi connectivity index (χ1v) is 3.89. The summed E-state index contributed by atoms with van der Waals surface area (Å²) in [5.74, 6) is -1.35. The molecule has 1 nitrogen and oxygen atoms in total. The molecule has 0 heterocycles. The van der Waals surface area contributed by atoms with Crippen LogP contribution in [0.25, 0.3) is 0 Å². The van der Waals surface area contributed by atoms with Gasteiger partial charge in [0.15, 0.2) is 11.6 Å². The van der Waals surface area contributed by atoms with Crippen molar-refractivity contribution in [3.8, 4) is 0 Å². The van der Waals surface area contributed by atoms with Crippen LogP contribution in [-0.4, -0.2) is 6.04 Å². The largest absolute Gasteiger partial charge is 0.327 e. The third-order valence-electron chi connectivity index (χ3n) is 2.21. The first kappa shape index (κ1) is 13.6. The lowest BCUT2D eigenvalue weighted by atomic mass is 10.1. The Kier molecular flexibility index (Phi) is 4.78. The van der Waals surface area contributed by atoms with Gasteiger partial charge in [-0.15, -0.1) is 24.8 Å². The van der Waals surface area contributed by atoms with Crippen molar-refractivity contribution in [2.24, 2.45) is 5.73 Å². The van der Waals surface area contributed by atoms with E-state index in [0.29, 0.717) is 0 Å². The van der Waals surface area contributed by atoms with E-state index >= 15 is 0 Å². The minimum atomic E-state index is -0.798. The summed E-state index contributed by atoms with van der Waals surface area (Å²) in [6, 6.07) is 4.10. The number of hydrogen-bond donors (Lipinski definition) is 1. The highest BCUT2D eigenvalue weighted by Crippen LogP contribution is 2.39. The number of hydrogen-bond acceptors (Lipinski definition) is 1. The Hall–Kier alpha value is -0.380. The molecule has 0 amide bonds. The lowest BCUT2D eigenvalue weighted by Crippen LogP contribution is -2.01. The van der Waals surface area contributed by atoms with E-state index in [4.69, 9.17) is 5.73 Å². The Morgan fingerprint density at radius 2 is 1.71 bits per heavy atom. The molecule has 2 N–H and O–H groups in total. The Morgan fingerprint density at radius 3 is 2.14 bits per heavy atom. The van der Waals surface area contributed by atoms with Crippen LogP contribution in [0.2, 0.25) is 0 Å². The van der Waals surface area contributed by atoms with Gasteiger partial charge < -0.3 is 5.73 Å². The fourth-order valence-corrected chi connectivity index (χ4v) is 1.34. The topological polar surface area (TPSA) is 26.0 Å². The third kappa shape index (κ3) is 2.56. The molecule has 0 saturated heterocycles. The second-order valence-electron chi connectivity index (χ2n) is 3.18. The quantitative estimate of drug-likeness (QED) is 0.804. The third-order valence-corrected chi connectivity index (χ3v) is 2.21. The molecule has 80 valence electrons. The van der Waals surface area contributed by atoms with Crippen molar-refractivity contribution in [2.45, 2.75) is 18.4 Å². The molecule has 1 aromatic rings. The van der Waals surface area contributed by atoms with Crippen molar-refractivity contribution in [2.75, 3.05) is 0 Å². The first-order chi connectivity index (χ1) is 5.68. The van der Waals surface area contributed by atoms with E-state index in [-0.39, 0.29) is 36.8 Å². The Balaban J connectivity index is 0.000000845. The number of halogens is 4. The molecular formula is C9H11Cl2F2N. The van der Waals surface area contributed by atoms with E-state index < -0.39 is 11.6 Å². The fourth-order valence-electron chi connectivity index (χ4n) is 1.34. The van der Waals surface area contributed by atoms with Crippen LogP contribution in [0, 0.1) is 11.6 Å².